The maximum Gasteiger partial charge on any atom is 0.323 e. The van der Waals surface area contributed by atoms with Crippen LogP contribution in [0.15, 0.2) is 12.7 Å². The van der Waals surface area contributed by atoms with Gasteiger partial charge in [0.1, 0.15) is 12.0 Å². The largest absolute Gasteiger partial charge is 0.462 e. The first-order valence-corrected chi connectivity index (χ1v) is 4.11. The average Bonchev–Trinajstić information content (AvgIpc) is 2.03. The standard InChI is InChI=1S/C8H13ClO3/c1-3-4-11-5-6-12-8(10)7(2)9/h3,7H,1,4-6H2,2H3. The lowest BCUT2D eigenvalue weighted by Crippen LogP contribution is -2.17. The first-order chi connectivity index (χ1) is 5.68. The van der Waals surface area contributed by atoms with Crippen molar-refractivity contribution >= 4 is 17.6 Å². The van der Waals surface area contributed by atoms with Crippen molar-refractivity contribution in [3.63, 3.8) is 0 Å². The van der Waals surface area contributed by atoms with Crippen molar-refractivity contribution in [3.05, 3.63) is 12.7 Å². The second-order valence-corrected chi connectivity index (χ2v) is 2.80. The van der Waals surface area contributed by atoms with E-state index in [0.29, 0.717) is 13.2 Å². The molecule has 0 aliphatic rings. The van der Waals surface area contributed by atoms with Gasteiger partial charge in [0.15, 0.2) is 0 Å². The molecule has 0 saturated heterocycles. The Hall–Kier alpha value is -0.540. The van der Waals surface area contributed by atoms with Crippen LogP contribution in [0, 0.1) is 0 Å². The lowest BCUT2D eigenvalue weighted by Gasteiger charge is -2.05. The van der Waals surface area contributed by atoms with E-state index in [-0.39, 0.29) is 6.61 Å². The van der Waals surface area contributed by atoms with Crippen LogP contribution in [-0.4, -0.2) is 31.2 Å². The first-order valence-electron chi connectivity index (χ1n) is 3.68. The van der Waals surface area contributed by atoms with E-state index in [1.807, 2.05) is 0 Å². The summed E-state index contributed by atoms with van der Waals surface area (Å²) in [5.74, 6) is -0.418. The maximum atomic E-state index is 10.7. The third kappa shape index (κ3) is 6.19. The molecule has 12 heavy (non-hydrogen) atoms. The highest BCUT2D eigenvalue weighted by Gasteiger charge is 2.09. The van der Waals surface area contributed by atoms with Gasteiger partial charge >= 0.3 is 5.97 Å². The molecule has 0 rings (SSSR count). The molecule has 0 aliphatic heterocycles. The number of hydrogen-bond donors (Lipinski definition) is 0. The molecular weight excluding hydrogens is 180 g/mol. The van der Waals surface area contributed by atoms with Crippen LogP contribution in [-0.2, 0) is 14.3 Å². The number of esters is 1. The Labute approximate surface area is 77.3 Å². The van der Waals surface area contributed by atoms with E-state index in [4.69, 9.17) is 21.1 Å². The molecule has 0 N–H and O–H groups in total. The van der Waals surface area contributed by atoms with Crippen LogP contribution < -0.4 is 0 Å². The molecule has 0 spiro atoms. The Morgan fingerprint density at radius 1 is 1.67 bits per heavy atom. The van der Waals surface area contributed by atoms with Gasteiger partial charge in [-0.15, -0.1) is 18.2 Å². The summed E-state index contributed by atoms with van der Waals surface area (Å²) in [5, 5.41) is -0.593. The van der Waals surface area contributed by atoms with E-state index in [1.54, 1.807) is 13.0 Å². The molecule has 4 heteroatoms. The molecule has 1 atom stereocenters. The second-order valence-electron chi connectivity index (χ2n) is 2.15. The number of carbonyl (C=O) groups is 1. The molecule has 0 aromatic carbocycles. The normalized spacial score (nSPS) is 12.2. The van der Waals surface area contributed by atoms with Crippen LogP contribution in [0.3, 0.4) is 0 Å². The summed E-state index contributed by atoms with van der Waals surface area (Å²) in [5.41, 5.74) is 0. The van der Waals surface area contributed by atoms with E-state index < -0.39 is 11.3 Å². The van der Waals surface area contributed by atoms with E-state index in [1.165, 1.54) is 0 Å². The molecule has 0 aliphatic carbocycles. The van der Waals surface area contributed by atoms with Crippen LogP contribution in [0.4, 0.5) is 0 Å². The topological polar surface area (TPSA) is 35.5 Å². The summed E-state index contributed by atoms with van der Waals surface area (Å²) < 4.78 is 9.69. The number of hydrogen-bond acceptors (Lipinski definition) is 3. The van der Waals surface area contributed by atoms with Crippen molar-refractivity contribution in [1.82, 2.24) is 0 Å². The highest BCUT2D eigenvalue weighted by atomic mass is 35.5. The van der Waals surface area contributed by atoms with Crippen LogP contribution in [0.1, 0.15) is 6.92 Å². The third-order valence-electron chi connectivity index (χ3n) is 1.03. The van der Waals surface area contributed by atoms with E-state index in [9.17, 15) is 4.79 Å². The highest BCUT2D eigenvalue weighted by Crippen LogP contribution is 1.96. The minimum atomic E-state index is -0.593. The van der Waals surface area contributed by atoms with E-state index in [2.05, 4.69) is 6.58 Å². The van der Waals surface area contributed by atoms with Gasteiger partial charge in [0.05, 0.1) is 13.2 Å². The minimum absolute atomic E-state index is 0.240. The van der Waals surface area contributed by atoms with Gasteiger partial charge in [-0.3, -0.25) is 4.79 Å². The van der Waals surface area contributed by atoms with Crippen molar-refractivity contribution in [3.8, 4) is 0 Å². The van der Waals surface area contributed by atoms with Gasteiger partial charge in [0, 0.05) is 0 Å². The predicted octanol–water partition coefficient (Wildman–Crippen LogP) is 1.36. The van der Waals surface area contributed by atoms with E-state index >= 15 is 0 Å². The van der Waals surface area contributed by atoms with Gasteiger partial charge in [-0.25, -0.2) is 0 Å². The summed E-state index contributed by atoms with van der Waals surface area (Å²) in [6.45, 7) is 6.11. The molecule has 0 aromatic rings. The number of alkyl halides is 1. The van der Waals surface area contributed by atoms with Gasteiger partial charge in [0.2, 0.25) is 0 Å². The quantitative estimate of drug-likeness (QED) is 0.276. The van der Waals surface area contributed by atoms with Crippen molar-refractivity contribution in [2.45, 2.75) is 12.3 Å². The molecule has 0 bridgehead atoms. The van der Waals surface area contributed by atoms with Gasteiger partial charge in [0.25, 0.3) is 0 Å². The lowest BCUT2D eigenvalue weighted by atomic mass is 10.5. The molecule has 3 nitrogen and oxygen atoms in total. The molecule has 1 unspecified atom stereocenters. The SMILES string of the molecule is C=CCOCCOC(=O)C(C)Cl. The molecule has 0 aromatic heterocycles. The minimum Gasteiger partial charge on any atom is -0.462 e. The number of carbonyl (C=O) groups excluding carboxylic acids is 1. The maximum absolute atomic E-state index is 10.7. The predicted molar refractivity (Wildman–Crippen MR) is 47.3 cm³/mol. The molecule has 0 amide bonds. The Kier molecular flexibility index (Phi) is 6.81. The number of halogens is 1. The molecule has 70 valence electrons. The van der Waals surface area contributed by atoms with Crippen molar-refractivity contribution in [2.75, 3.05) is 19.8 Å². The van der Waals surface area contributed by atoms with Crippen LogP contribution in [0.5, 0.6) is 0 Å². The number of ether oxygens (including phenoxy) is 2. The zero-order valence-electron chi connectivity index (χ0n) is 7.09. The van der Waals surface area contributed by atoms with Crippen molar-refractivity contribution < 1.29 is 14.3 Å². The number of rotatable bonds is 6. The van der Waals surface area contributed by atoms with Crippen molar-refractivity contribution in [2.24, 2.45) is 0 Å². The fraction of sp³-hybridized carbons (Fsp3) is 0.625. The fourth-order valence-electron chi connectivity index (χ4n) is 0.483. The molecule has 0 fully saturated rings. The summed E-state index contributed by atoms with van der Waals surface area (Å²) >= 11 is 5.44. The summed E-state index contributed by atoms with van der Waals surface area (Å²) in [4.78, 5) is 10.7. The average molecular weight is 193 g/mol. The van der Waals surface area contributed by atoms with Gasteiger partial charge < -0.3 is 9.47 Å². The first kappa shape index (κ1) is 11.5. The Morgan fingerprint density at radius 2 is 2.33 bits per heavy atom. The van der Waals surface area contributed by atoms with Crippen LogP contribution in [0.2, 0.25) is 0 Å². The summed E-state index contributed by atoms with van der Waals surface area (Å²) in [6.07, 6.45) is 1.63. The molecule has 0 heterocycles. The fourth-order valence-corrected chi connectivity index (χ4v) is 0.546. The van der Waals surface area contributed by atoms with Crippen LogP contribution in [0.25, 0.3) is 0 Å². The Balaban J connectivity index is 3.19. The van der Waals surface area contributed by atoms with Crippen molar-refractivity contribution in [1.29, 1.82) is 0 Å². The van der Waals surface area contributed by atoms with Crippen LogP contribution >= 0.6 is 11.6 Å². The van der Waals surface area contributed by atoms with Gasteiger partial charge in [-0.1, -0.05) is 6.08 Å². The van der Waals surface area contributed by atoms with E-state index in [0.717, 1.165) is 0 Å². The zero-order valence-corrected chi connectivity index (χ0v) is 7.84. The molecule has 0 saturated carbocycles. The highest BCUT2D eigenvalue weighted by molar-refractivity contribution is 6.29. The Bertz CT molecular complexity index is 145. The van der Waals surface area contributed by atoms with Gasteiger partial charge in [-0.2, -0.15) is 0 Å². The zero-order chi connectivity index (χ0) is 9.40. The Morgan fingerprint density at radius 3 is 2.83 bits per heavy atom. The third-order valence-corrected chi connectivity index (χ3v) is 1.21. The monoisotopic (exact) mass is 192 g/mol. The molecule has 0 radical (unpaired) electrons. The van der Waals surface area contributed by atoms with Gasteiger partial charge in [-0.05, 0) is 6.92 Å². The lowest BCUT2D eigenvalue weighted by molar-refractivity contribution is -0.144. The summed E-state index contributed by atoms with van der Waals surface area (Å²) in [6, 6.07) is 0. The summed E-state index contributed by atoms with van der Waals surface area (Å²) in [7, 11) is 0. The molecular formula is C8H13ClO3. The second kappa shape index (κ2) is 7.13. The smallest absolute Gasteiger partial charge is 0.323 e.